The Morgan fingerprint density at radius 2 is 2.00 bits per heavy atom. The summed E-state index contributed by atoms with van der Waals surface area (Å²) in [5.41, 5.74) is 1.25. The largest absolute Gasteiger partial charge is 0.444 e. The van der Waals surface area contributed by atoms with Crippen molar-refractivity contribution < 1.29 is 9.21 Å². The summed E-state index contributed by atoms with van der Waals surface area (Å²) in [4.78, 5) is 12.4. The molecule has 4 heteroatoms. The fraction of sp³-hybridized carbons (Fsp3) is 0.667. The molecule has 0 saturated heterocycles. The van der Waals surface area contributed by atoms with Crippen molar-refractivity contribution in [2.24, 2.45) is 11.8 Å². The highest BCUT2D eigenvalue weighted by molar-refractivity contribution is 5.92. The van der Waals surface area contributed by atoms with E-state index in [1.165, 1.54) is 19.3 Å². The zero-order valence-electron chi connectivity index (χ0n) is 13.9. The summed E-state index contributed by atoms with van der Waals surface area (Å²) in [6.45, 7) is 5.87. The summed E-state index contributed by atoms with van der Waals surface area (Å²) in [6, 6.07) is 2.11. The van der Waals surface area contributed by atoms with Crippen molar-refractivity contribution >= 4 is 11.8 Å². The fourth-order valence-electron chi connectivity index (χ4n) is 3.27. The zero-order valence-corrected chi connectivity index (χ0v) is 13.9. The van der Waals surface area contributed by atoms with E-state index in [1.807, 2.05) is 13.8 Å². The number of unbranched alkanes of at least 4 members (excludes halogenated alkanes) is 1. The molecule has 1 aromatic rings. The molecule has 0 spiro atoms. The van der Waals surface area contributed by atoms with Crippen molar-refractivity contribution in [2.75, 3.05) is 5.32 Å². The molecule has 0 aliphatic heterocycles. The summed E-state index contributed by atoms with van der Waals surface area (Å²) in [6.07, 6.45) is 7.99. The van der Waals surface area contributed by atoms with Gasteiger partial charge in [0.05, 0.1) is 0 Å². The lowest BCUT2D eigenvalue weighted by atomic mass is 9.79. The molecule has 1 aliphatic carbocycles. The maximum Gasteiger partial charge on any atom is 0.229 e. The third-order valence-corrected chi connectivity index (χ3v) is 4.92. The van der Waals surface area contributed by atoms with Crippen LogP contribution < -0.4 is 5.32 Å². The van der Waals surface area contributed by atoms with Crippen molar-refractivity contribution in [3.63, 3.8) is 0 Å². The normalized spacial score (nSPS) is 21.4. The van der Waals surface area contributed by atoms with E-state index >= 15 is 0 Å². The minimum atomic E-state index is -0.000749. The summed E-state index contributed by atoms with van der Waals surface area (Å²) in [7, 11) is 0. The average Bonchev–Trinajstić information content (AvgIpc) is 2.79. The number of nitriles is 1. The Bertz CT molecular complexity index is 560. The highest BCUT2D eigenvalue weighted by atomic mass is 16.4. The van der Waals surface area contributed by atoms with Gasteiger partial charge in [0.25, 0.3) is 0 Å². The molecule has 0 atom stereocenters. The van der Waals surface area contributed by atoms with Gasteiger partial charge in [-0.05, 0) is 45.4 Å². The molecule has 1 heterocycles. The summed E-state index contributed by atoms with van der Waals surface area (Å²) >= 11 is 0. The van der Waals surface area contributed by atoms with E-state index in [1.54, 1.807) is 0 Å². The van der Waals surface area contributed by atoms with E-state index < -0.39 is 0 Å². The van der Waals surface area contributed by atoms with Crippen molar-refractivity contribution in [2.45, 2.75) is 65.7 Å². The molecule has 120 valence electrons. The Labute approximate surface area is 132 Å². The minimum absolute atomic E-state index is 0.000749. The van der Waals surface area contributed by atoms with Crippen LogP contribution >= 0.6 is 0 Å². The number of nitrogens with zero attached hydrogens (tertiary/aromatic N) is 1. The summed E-state index contributed by atoms with van der Waals surface area (Å²) in [5.74, 6) is 1.84. The van der Waals surface area contributed by atoms with Gasteiger partial charge in [0.2, 0.25) is 11.8 Å². The first kappa shape index (κ1) is 16.6. The lowest BCUT2D eigenvalue weighted by Crippen LogP contribution is -2.27. The van der Waals surface area contributed by atoms with Crippen LogP contribution in [0.1, 0.15) is 68.8 Å². The number of hydrogen-bond acceptors (Lipinski definition) is 3. The number of hydrogen-bond donors (Lipinski definition) is 1. The van der Waals surface area contributed by atoms with Gasteiger partial charge in [0.15, 0.2) is 0 Å². The van der Waals surface area contributed by atoms with Crippen molar-refractivity contribution in [1.29, 1.82) is 5.26 Å². The number of amides is 1. The second kappa shape index (κ2) is 7.49. The van der Waals surface area contributed by atoms with E-state index in [9.17, 15) is 10.1 Å². The molecule has 1 fully saturated rings. The zero-order chi connectivity index (χ0) is 16.1. The first-order valence-electron chi connectivity index (χ1n) is 8.37. The number of carbonyl (C=O) groups is 1. The van der Waals surface area contributed by atoms with Gasteiger partial charge in [0.1, 0.15) is 17.4 Å². The smallest absolute Gasteiger partial charge is 0.229 e. The molecule has 2 rings (SSSR count). The molecule has 0 radical (unpaired) electrons. The standard InChI is InChI=1S/C18H26N2O2/c1-4-5-6-14-7-9-15(10-8-14)17(21)20-18-16(11-19)12(2)13(3)22-18/h14-15H,4-10H2,1-3H3,(H,20,21). The van der Waals surface area contributed by atoms with Crippen LogP contribution in [0.3, 0.4) is 0 Å². The Morgan fingerprint density at radius 1 is 1.32 bits per heavy atom. The Balaban J connectivity index is 1.92. The predicted molar refractivity (Wildman–Crippen MR) is 86.5 cm³/mol. The van der Waals surface area contributed by atoms with Crippen LogP contribution in [0.15, 0.2) is 4.42 Å². The molecule has 1 amide bonds. The molecule has 22 heavy (non-hydrogen) atoms. The van der Waals surface area contributed by atoms with Crippen molar-refractivity contribution in [1.82, 2.24) is 0 Å². The molecule has 1 aromatic heterocycles. The first-order chi connectivity index (χ1) is 10.6. The third-order valence-electron chi connectivity index (χ3n) is 4.92. The topological polar surface area (TPSA) is 66.0 Å². The van der Waals surface area contributed by atoms with Crippen LogP contribution in [0.25, 0.3) is 0 Å². The van der Waals surface area contributed by atoms with E-state index in [2.05, 4.69) is 18.3 Å². The van der Waals surface area contributed by atoms with E-state index in [0.29, 0.717) is 17.2 Å². The molecule has 1 N–H and O–H groups in total. The average molecular weight is 302 g/mol. The lowest BCUT2D eigenvalue weighted by molar-refractivity contribution is -0.121. The van der Waals surface area contributed by atoms with E-state index in [0.717, 1.165) is 37.2 Å². The number of anilines is 1. The van der Waals surface area contributed by atoms with E-state index in [4.69, 9.17) is 4.42 Å². The van der Waals surface area contributed by atoms with Gasteiger partial charge in [-0.15, -0.1) is 0 Å². The lowest BCUT2D eigenvalue weighted by Gasteiger charge is -2.27. The number of aryl methyl sites for hydroxylation is 1. The molecule has 0 bridgehead atoms. The maximum absolute atomic E-state index is 12.4. The number of furan rings is 1. The summed E-state index contributed by atoms with van der Waals surface area (Å²) in [5, 5.41) is 12.0. The van der Waals surface area contributed by atoms with Gasteiger partial charge in [-0.1, -0.05) is 26.2 Å². The van der Waals surface area contributed by atoms with Crippen LogP contribution in [-0.4, -0.2) is 5.91 Å². The predicted octanol–water partition coefficient (Wildman–Crippen LogP) is 4.70. The molecule has 1 aliphatic rings. The van der Waals surface area contributed by atoms with Crippen LogP contribution in [0, 0.1) is 37.0 Å². The molecule has 4 nitrogen and oxygen atoms in total. The van der Waals surface area contributed by atoms with Gasteiger partial charge in [-0.2, -0.15) is 5.26 Å². The minimum Gasteiger partial charge on any atom is -0.444 e. The van der Waals surface area contributed by atoms with Gasteiger partial charge < -0.3 is 4.42 Å². The maximum atomic E-state index is 12.4. The molecule has 0 aromatic carbocycles. The number of rotatable bonds is 5. The second-order valence-electron chi connectivity index (χ2n) is 6.45. The summed E-state index contributed by atoms with van der Waals surface area (Å²) < 4.78 is 5.52. The van der Waals surface area contributed by atoms with Crippen molar-refractivity contribution in [3.05, 3.63) is 16.9 Å². The monoisotopic (exact) mass is 302 g/mol. The molecular weight excluding hydrogens is 276 g/mol. The fourth-order valence-corrected chi connectivity index (χ4v) is 3.27. The molecular formula is C18H26N2O2. The quantitative estimate of drug-likeness (QED) is 0.857. The van der Waals surface area contributed by atoms with E-state index in [-0.39, 0.29) is 11.8 Å². The molecule has 1 saturated carbocycles. The second-order valence-corrected chi connectivity index (χ2v) is 6.45. The highest BCUT2D eigenvalue weighted by Gasteiger charge is 2.27. The first-order valence-corrected chi connectivity index (χ1v) is 8.37. The van der Waals surface area contributed by atoms with Gasteiger partial charge in [-0.3, -0.25) is 10.1 Å². The molecule has 0 unspecified atom stereocenters. The highest BCUT2D eigenvalue weighted by Crippen LogP contribution is 2.33. The Kier molecular flexibility index (Phi) is 5.65. The van der Waals surface area contributed by atoms with Gasteiger partial charge in [-0.25, -0.2) is 0 Å². The van der Waals surface area contributed by atoms with Crippen LogP contribution in [0.5, 0.6) is 0 Å². The van der Waals surface area contributed by atoms with Crippen LogP contribution in [0.4, 0.5) is 5.88 Å². The van der Waals surface area contributed by atoms with Gasteiger partial charge in [0, 0.05) is 11.5 Å². The Hall–Kier alpha value is -1.76. The number of carbonyl (C=O) groups excluding carboxylic acids is 1. The number of nitrogens with one attached hydrogen (secondary N) is 1. The van der Waals surface area contributed by atoms with Crippen molar-refractivity contribution in [3.8, 4) is 6.07 Å². The third kappa shape index (κ3) is 3.71. The van der Waals surface area contributed by atoms with Crippen LogP contribution in [0.2, 0.25) is 0 Å². The Morgan fingerprint density at radius 3 is 2.59 bits per heavy atom. The van der Waals surface area contributed by atoms with Gasteiger partial charge >= 0.3 is 0 Å². The van der Waals surface area contributed by atoms with Crippen LogP contribution in [-0.2, 0) is 4.79 Å². The SMILES string of the molecule is CCCCC1CCC(C(=O)Nc2oc(C)c(C)c2C#N)CC1.